The summed E-state index contributed by atoms with van der Waals surface area (Å²) in [6, 6.07) is 49.2. The van der Waals surface area contributed by atoms with Crippen molar-refractivity contribution in [2.75, 3.05) is 42.7 Å². The van der Waals surface area contributed by atoms with Gasteiger partial charge in [-0.1, -0.05) is 0 Å². The quantitative estimate of drug-likeness (QED) is 0.151. The molecule has 280 valence electrons. The van der Waals surface area contributed by atoms with Crippen LogP contribution in [0.2, 0.25) is 0 Å². The Morgan fingerprint density at radius 1 is 0.250 bits per heavy atom. The van der Waals surface area contributed by atoms with Gasteiger partial charge < -0.3 is 24.8 Å². The van der Waals surface area contributed by atoms with Crippen LogP contribution in [0.3, 0.4) is 0 Å². The molecule has 0 amide bonds. The van der Waals surface area contributed by atoms with Crippen LogP contribution in [0.15, 0.2) is 146 Å². The molecule has 0 heterocycles. The Balaban J connectivity index is 0.000000270. The third kappa shape index (κ3) is 9.71. The van der Waals surface area contributed by atoms with Crippen molar-refractivity contribution in [2.45, 2.75) is 0 Å². The van der Waals surface area contributed by atoms with Crippen molar-refractivity contribution >= 4 is 24.2 Å². The van der Waals surface area contributed by atoms with Crippen LogP contribution in [0.4, 0.5) is 0 Å². The minimum Gasteiger partial charge on any atom is -1.00 e. The van der Waals surface area contributed by atoms with E-state index in [9.17, 15) is 0 Å². The molecule has 0 N–H and O–H groups in total. The van der Waals surface area contributed by atoms with Gasteiger partial charge in [-0.05, 0) is 0 Å². The number of ether oxygens (including phenoxy) is 6. The molecule has 52 heavy (non-hydrogen) atoms. The second kappa shape index (κ2) is 21.5. The summed E-state index contributed by atoms with van der Waals surface area (Å²) in [5, 5.41) is 0. The van der Waals surface area contributed by atoms with E-state index in [2.05, 4.69) is 72.8 Å². The minimum atomic E-state index is -1.57. The fourth-order valence-corrected chi connectivity index (χ4v) is 14.1. The molecule has 0 unspecified atom stereocenters. The third-order valence-corrected chi connectivity index (χ3v) is 16.1. The van der Waals surface area contributed by atoms with Crippen molar-refractivity contribution < 1.29 is 86.8 Å². The molecule has 6 aromatic carbocycles. The van der Waals surface area contributed by atoms with Gasteiger partial charge in [0.15, 0.2) is 0 Å². The van der Waals surface area contributed by atoms with Crippen LogP contribution in [-0.2, 0) is 33.5 Å². The van der Waals surface area contributed by atoms with E-state index in [0.29, 0.717) is 0 Å². The van der Waals surface area contributed by atoms with Crippen molar-refractivity contribution in [2.24, 2.45) is 0 Å². The van der Waals surface area contributed by atoms with Crippen molar-refractivity contribution in [3.63, 3.8) is 0 Å². The molecule has 0 atom stereocenters. The van der Waals surface area contributed by atoms with E-state index >= 15 is 0 Å². The zero-order valence-electron chi connectivity index (χ0n) is 29.7. The van der Waals surface area contributed by atoms with E-state index in [1.165, 1.54) is 24.2 Å². The molecule has 0 spiro atoms. The zero-order chi connectivity index (χ0) is 35.3. The van der Waals surface area contributed by atoms with Crippen molar-refractivity contribution in [3.05, 3.63) is 146 Å². The van der Waals surface area contributed by atoms with Gasteiger partial charge in [0.1, 0.15) is 0 Å². The van der Waals surface area contributed by atoms with E-state index in [1.807, 2.05) is 72.8 Å². The maximum atomic E-state index is 5.66. The Bertz CT molecular complexity index is 1620. The van der Waals surface area contributed by atoms with Crippen LogP contribution >= 0.6 is 0 Å². The number of halogens is 2. The Labute approximate surface area is 331 Å². The van der Waals surface area contributed by atoms with E-state index in [-0.39, 0.29) is 24.8 Å². The Hall–Kier alpha value is -3.98. The van der Waals surface area contributed by atoms with Gasteiger partial charge in [-0.3, -0.25) is 0 Å². The summed E-state index contributed by atoms with van der Waals surface area (Å²) >= 11 is -3.14. The van der Waals surface area contributed by atoms with E-state index < -0.39 is 33.5 Å². The minimum absolute atomic E-state index is 0. The van der Waals surface area contributed by atoms with Gasteiger partial charge in [0, 0.05) is 0 Å². The summed E-state index contributed by atoms with van der Waals surface area (Å²) in [5.41, 5.74) is 0. The standard InChI is InChI=1S/6C7H7O.2ClH.2Pd/c6*1-8-7-5-3-2-4-6-7;;;;/h6*2-5H,1H3;2*1H;;/q;;;;;;;;2*+1/p-2. The first kappa shape index (κ1) is 42.4. The molecule has 0 bridgehead atoms. The first-order valence-corrected chi connectivity index (χ1v) is 20.3. The van der Waals surface area contributed by atoms with E-state index in [0.717, 1.165) is 34.5 Å². The van der Waals surface area contributed by atoms with Crippen LogP contribution in [-0.4, -0.2) is 42.7 Å². The number of benzene rings is 6. The predicted molar refractivity (Wildman–Crippen MR) is 196 cm³/mol. The average Bonchev–Trinajstić information content (AvgIpc) is 3.19. The van der Waals surface area contributed by atoms with Gasteiger partial charge in [0.05, 0.1) is 0 Å². The summed E-state index contributed by atoms with van der Waals surface area (Å²) in [4.78, 5) is 0. The fourth-order valence-electron chi connectivity index (χ4n) is 4.89. The van der Waals surface area contributed by atoms with Crippen LogP contribution < -0.4 is 77.5 Å². The van der Waals surface area contributed by atoms with Crippen molar-refractivity contribution in [3.8, 4) is 34.5 Å². The molecule has 10 heteroatoms. The molecule has 6 aromatic rings. The van der Waals surface area contributed by atoms with E-state index in [1.54, 1.807) is 42.7 Å². The topological polar surface area (TPSA) is 55.4 Å². The van der Waals surface area contributed by atoms with Crippen molar-refractivity contribution in [1.82, 2.24) is 0 Å². The van der Waals surface area contributed by atoms with E-state index in [4.69, 9.17) is 28.4 Å². The third-order valence-electron chi connectivity index (χ3n) is 7.21. The second-order valence-corrected chi connectivity index (χ2v) is 17.4. The number of hydrogen-bond donors (Lipinski definition) is 0. The average molecular weight is 927 g/mol. The molecule has 0 aliphatic carbocycles. The summed E-state index contributed by atoms with van der Waals surface area (Å²) < 4.78 is 41.1. The molecule has 0 fully saturated rings. The summed E-state index contributed by atoms with van der Waals surface area (Å²) in [6.07, 6.45) is 0. The summed E-state index contributed by atoms with van der Waals surface area (Å²) in [6.45, 7) is 0. The number of rotatable bonds is 12. The normalized spacial score (nSPS) is 10.5. The first-order valence-electron chi connectivity index (χ1n) is 15.6. The summed E-state index contributed by atoms with van der Waals surface area (Å²) in [7, 11) is 10.3. The summed E-state index contributed by atoms with van der Waals surface area (Å²) in [5.74, 6) is 5.34. The van der Waals surface area contributed by atoms with Crippen LogP contribution in [0.25, 0.3) is 0 Å². The van der Waals surface area contributed by atoms with Gasteiger partial charge in [0.2, 0.25) is 0 Å². The molecule has 6 nitrogen and oxygen atoms in total. The molecule has 0 radical (unpaired) electrons. The smallest absolute Gasteiger partial charge is 1.00 e. The maximum Gasteiger partial charge on any atom is -1.00 e. The van der Waals surface area contributed by atoms with Gasteiger partial charge in [0.25, 0.3) is 0 Å². The molecular weight excluding hydrogens is 884 g/mol. The monoisotopic (exact) mass is 924 g/mol. The molecule has 6 rings (SSSR count). The molecular formula is C42H42Cl2O6Pd2. The molecule has 0 saturated carbocycles. The van der Waals surface area contributed by atoms with Gasteiger partial charge in [-0.2, -0.15) is 0 Å². The second-order valence-electron chi connectivity index (χ2n) is 10.1. The van der Waals surface area contributed by atoms with Crippen molar-refractivity contribution in [1.29, 1.82) is 0 Å². The predicted octanol–water partition coefficient (Wildman–Crippen LogP) is -0.778. The Kier molecular flexibility index (Phi) is 17.6. The van der Waals surface area contributed by atoms with Gasteiger partial charge in [-0.15, -0.1) is 0 Å². The number of para-hydroxylation sites is 6. The largest absolute Gasteiger partial charge is 1.00 e. The zero-order valence-corrected chi connectivity index (χ0v) is 34.3. The SMILES string of the molecule is COc1cccc[c]1[Pd+]([c]1ccccc1OC)[c]1ccccc1OC.COc1cccc[c]1[Pd+]([c]1ccccc1OC)[c]1ccccc1OC.[Cl-].[Cl-]. The Morgan fingerprint density at radius 3 is 0.519 bits per heavy atom. The maximum absolute atomic E-state index is 5.66. The number of hydrogen-bond acceptors (Lipinski definition) is 6. The van der Waals surface area contributed by atoms with Gasteiger partial charge >= 0.3 is 309 Å². The fraction of sp³-hybridized carbons (Fsp3) is 0.143. The van der Waals surface area contributed by atoms with Crippen LogP contribution in [0, 0.1) is 0 Å². The molecule has 0 saturated heterocycles. The Morgan fingerprint density at radius 2 is 0.385 bits per heavy atom. The van der Waals surface area contributed by atoms with Crippen LogP contribution in [0.1, 0.15) is 0 Å². The first-order chi connectivity index (χ1) is 24.6. The molecule has 0 aromatic heterocycles. The molecule has 0 aliphatic rings. The van der Waals surface area contributed by atoms with Crippen LogP contribution in [0.5, 0.6) is 34.5 Å². The molecule has 0 aliphatic heterocycles. The number of methoxy groups -OCH3 is 6. The van der Waals surface area contributed by atoms with Gasteiger partial charge in [-0.25, -0.2) is 0 Å².